The highest BCUT2D eigenvalue weighted by Gasteiger charge is 2.26. The summed E-state index contributed by atoms with van der Waals surface area (Å²) in [6.07, 6.45) is 0. The number of rotatable bonds is 0. The molecule has 1 fully saturated rings. The van der Waals surface area contributed by atoms with Gasteiger partial charge in [-0.25, -0.2) is 0 Å². The lowest BCUT2D eigenvalue weighted by Gasteiger charge is -2.25. The zero-order chi connectivity index (χ0) is 28.2. The standard InChI is InChI=1S/C32H22.C3H9OSi5/c1-19-11-30-20(2)29-15-24-10-6-5-9-23(24)14-27(29)18-32(30)31-17-26-13-22-8-4-3-7-21(22)12-25(26)16-28(19)31;1-7-4-8(2)6-9(3)5-7/h3-18H,1-2H3;1-3H3. The summed E-state index contributed by atoms with van der Waals surface area (Å²) < 4.78 is 5.81. The Morgan fingerprint density at radius 3 is 1.46 bits per heavy atom. The summed E-state index contributed by atoms with van der Waals surface area (Å²) in [6.45, 7) is 11.7. The molecule has 0 spiro atoms. The van der Waals surface area contributed by atoms with Crippen LogP contribution in [0.15, 0.2) is 97.1 Å². The fourth-order valence-corrected chi connectivity index (χ4v) is 46.8. The zero-order valence-electron chi connectivity index (χ0n) is 24.1. The van der Waals surface area contributed by atoms with Crippen molar-refractivity contribution in [1.82, 2.24) is 0 Å². The van der Waals surface area contributed by atoms with Crippen LogP contribution >= 0.6 is 0 Å². The summed E-state index contributed by atoms with van der Waals surface area (Å²) in [4.78, 5) is 0. The Balaban J connectivity index is 0.000000265. The number of hydrogen-bond acceptors (Lipinski definition) is 1. The van der Waals surface area contributed by atoms with E-state index in [0.717, 1.165) is 0 Å². The lowest BCUT2D eigenvalue weighted by Crippen LogP contribution is -2.53. The molecule has 7 radical (unpaired) electrons. The zero-order valence-corrected chi connectivity index (χ0v) is 29.1. The predicted octanol–water partition coefficient (Wildman–Crippen LogP) is 9.00. The predicted molar refractivity (Wildman–Crippen MR) is 188 cm³/mol. The molecular weight excluding hydrogens is 577 g/mol. The first-order valence-electron chi connectivity index (χ1n) is 14.2. The Labute approximate surface area is 251 Å². The smallest absolute Gasteiger partial charge is 0.168 e. The molecule has 0 saturated carbocycles. The van der Waals surface area contributed by atoms with E-state index in [0.29, 0.717) is 0 Å². The van der Waals surface area contributed by atoms with Crippen LogP contribution in [0, 0.1) is 13.8 Å². The van der Waals surface area contributed by atoms with Gasteiger partial charge in [-0.1, -0.05) is 74.2 Å². The molecule has 0 atom stereocenters. The summed E-state index contributed by atoms with van der Waals surface area (Å²) in [5.41, 5.74) is 2.71. The molecule has 1 aliphatic heterocycles. The highest BCUT2D eigenvalue weighted by Crippen LogP contribution is 2.38. The van der Waals surface area contributed by atoms with Crippen molar-refractivity contribution >= 4 is 107 Å². The van der Waals surface area contributed by atoms with Crippen LogP contribution in [0.1, 0.15) is 11.1 Å². The van der Waals surface area contributed by atoms with Crippen molar-refractivity contribution in [1.29, 1.82) is 0 Å². The van der Waals surface area contributed by atoms with Crippen LogP contribution in [0.4, 0.5) is 0 Å². The third kappa shape index (κ3) is 5.07. The van der Waals surface area contributed by atoms with E-state index in [-0.39, 0.29) is 24.9 Å². The van der Waals surface area contributed by atoms with Crippen LogP contribution in [0.2, 0.25) is 19.6 Å². The van der Waals surface area contributed by atoms with E-state index >= 15 is 0 Å². The molecule has 0 amide bonds. The fraction of sp³-hybridized carbons (Fsp3) is 0.143. The highest BCUT2D eigenvalue weighted by molar-refractivity contribution is 7.66. The molecule has 0 aliphatic carbocycles. The molecule has 7 aromatic carbocycles. The quantitative estimate of drug-likeness (QED) is 0.0950. The molecule has 0 unspecified atom stereocenters. The molecule has 1 nitrogen and oxygen atoms in total. The minimum absolute atomic E-state index is 0.131. The highest BCUT2D eigenvalue weighted by atomic mass is 29.9. The van der Waals surface area contributed by atoms with Gasteiger partial charge in [0.25, 0.3) is 0 Å². The first-order chi connectivity index (χ1) is 19.8. The van der Waals surface area contributed by atoms with Gasteiger partial charge in [0, 0.05) is 24.9 Å². The van der Waals surface area contributed by atoms with Crippen LogP contribution in [0.25, 0.3) is 64.6 Å². The second-order valence-corrected chi connectivity index (χ2v) is 32.3. The average molecular weight is 608 g/mol. The lowest BCUT2D eigenvalue weighted by atomic mass is 9.89. The first-order valence-corrected chi connectivity index (χ1v) is 26.0. The number of hydrogen-bond donors (Lipinski definition) is 0. The molecule has 1 aliphatic rings. The average Bonchev–Trinajstić information content (AvgIpc) is 2.95. The second kappa shape index (κ2) is 10.8. The van der Waals surface area contributed by atoms with Crippen LogP contribution in [-0.4, -0.2) is 42.1 Å². The fourth-order valence-electron chi connectivity index (χ4n) is 6.37. The largest absolute Gasteiger partial charge is 0.461 e. The van der Waals surface area contributed by atoms with Gasteiger partial charge in [-0.15, -0.1) is 0 Å². The van der Waals surface area contributed by atoms with E-state index in [1.165, 1.54) is 92.9 Å². The van der Waals surface area contributed by atoms with E-state index in [1.807, 2.05) is 0 Å². The van der Waals surface area contributed by atoms with Gasteiger partial charge in [-0.3, -0.25) is 0 Å². The molecule has 0 N–H and O–H groups in total. The van der Waals surface area contributed by atoms with Gasteiger partial charge in [0.15, 0.2) is 17.1 Å². The Kier molecular flexibility index (Phi) is 7.09. The van der Waals surface area contributed by atoms with E-state index in [2.05, 4.69) is 131 Å². The maximum absolute atomic E-state index is 5.81. The van der Waals surface area contributed by atoms with E-state index in [9.17, 15) is 0 Å². The van der Waals surface area contributed by atoms with E-state index in [1.54, 1.807) is 0 Å². The second-order valence-electron chi connectivity index (χ2n) is 11.2. The molecule has 1 saturated heterocycles. The van der Waals surface area contributed by atoms with Crippen molar-refractivity contribution in [3.63, 3.8) is 0 Å². The Morgan fingerprint density at radius 1 is 0.463 bits per heavy atom. The Hall–Kier alpha value is -2.86. The summed E-state index contributed by atoms with van der Waals surface area (Å²) in [5, 5.41) is 15.9. The third-order valence-corrected chi connectivity index (χ3v) is 38.2. The van der Waals surface area contributed by atoms with E-state index < -0.39 is 0 Å². The molecule has 197 valence electrons. The van der Waals surface area contributed by atoms with Gasteiger partial charge in [-0.2, -0.15) is 0 Å². The Bertz CT molecular complexity index is 2090. The monoisotopic (exact) mass is 607 g/mol. The molecule has 0 bridgehead atoms. The van der Waals surface area contributed by atoms with Crippen molar-refractivity contribution in [2.75, 3.05) is 0 Å². The third-order valence-electron chi connectivity index (χ3n) is 8.27. The molecule has 0 aromatic heterocycles. The molecule has 7 aromatic rings. The van der Waals surface area contributed by atoms with Crippen molar-refractivity contribution in [3.05, 3.63) is 108 Å². The maximum Gasteiger partial charge on any atom is 0.168 e. The van der Waals surface area contributed by atoms with Gasteiger partial charge in [0.2, 0.25) is 0 Å². The lowest BCUT2D eigenvalue weighted by molar-refractivity contribution is 0.633. The van der Waals surface area contributed by atoms with Crippen molar-refractivity contribution in [2.45, 2.75) is 33.5 Å². The van der Waals surface area contributed by atoms with Crippen LogP contribution in [0.3, 0.4) is 0 Å². The molecule has 8 rings (SSSR count). The SMILES string of the molecule is C[Si]1O[Si](C)[Si][Si](C)[Si]1.Cc1cc2c(C)c3cc4ccccc4cc3cc2c2cc3cc4ccccc4cc3cc12. The normalized spacial score (nSPS) is 15.3. The summed E-state index contributed by atoms with van der Waals surface area (Å²) in [5.74, 6) is 0. The van der Waals surface area contributed by atoms with Gasteiger partial charge in [-0.05, 0) is 132 Å². The topological polar surface area (TPSA) is 9.23 Å². The van der Waals surface area contributed by atoms with Gasteiger partial charge >= 0.3 is 0 Å². The number of fused-ring (bicyclic) bond motifs is 7. The van der Waals surface area contributed by atoms with Gasteiger partial charge < -0.3 is 4.12 Å². The summed E-state index contributed by atoms with van der Waals surface area (Å²) in [6, 6.07) is 36.2. The van der Waals surface area contributed by atoms with Crippen LogP contribution in [0.5, 0.6) is 0 Å². The molecular formula is C35H31OSi5. The van der Waals surface area contributed by atoms with Crippen molar-refractivity contribution in [2.24, 2.45) is 0 Å². The van der Waals surface area contributed by atoms with Gasteiger partial charge in [0.1, 0.15) is 0 Å². The number of aryl methyl sites for hydroxylation is 2. The van der Waals surface area contributed by atoms with Crippen LogP contribution < -0.4 is 0 Å². The molecule has 41 heavy (non-hydrogen) atoms. The van der Waals surface area contributed by atoms with Crippen LogP contribution in [-0.2, 0) is 4.12 Å². The first kappa shape index (κ1) is 27.0. The van der Waals surface area contributed by atoms with Gasteiger partial charge in [0.05, 0.1) is 0 Å². The molecule has 6 heteroatoms. The van der Waals surface area contributed by atoms with Crippen molar-refractivity contribution in [3.8, 4) is 0 Å². The minimum Gasteiger partial charge on any atom is -0.461 e. The Morgan fingerprint density at radius 2 is 0.902 bits per heavy atom. The maximum atomic E-state index is 5.81. The molecule has 1 heterocycles. The van der Waals surface area contributed by atoms with Crippen molar-refractivity contribution < 1.29 is 4.12 Å². The summed E-state index contributed by atoms with van der Waals surface area (Å²) in [7, 11) is 2.11. The number of benzene rings is 7. The minimum atomic E-state index is -0.265. The summed E-state index contributed by atoms with van der Waals surface area (Å²) >= 11 is 0. The van der Waals surface area contributed by atoms with E-state index in [4.69, 9.17) is 4.12 Å².